The summed E-state index contributed by atoms with van der Waals surface area (Å²) in [6, 6.07) is 6.24. The van der Waals surface area contributed by atoms with Crippen LogP contribution < -0.4 is 5.32 Å². The molecule has 0 saturated heterocycles. The van der Waals surface area contributed by atoms with Crippen LogP contribution in [-0.2, 0) is 0 Å². The van der Waals surface area contributed by atoms with Crippen LogP contribution in [0.4, 0.5) is 24.7 Å². The van der Waals surface area contributed by atoms with Crippen molar-refractivity contribution in [3.8, 4) is 0 Å². The standard InChI is InChI=1S/C12H9F3N2/c1-7-3-2-4-11(16-7)17-12-9(14)5-8(13)6-10(12)15/h2-6H,1H3,(H,16,17). The van der Waals surface area contributed by atoms with Gasteiger partial charge in [-0.2, -0.15) is 0 Å². The summed E-state index contributed by atoms with van der Waals surface area (Å²) in [4.78, 5) is 4.03. The van der Waals surface area contributed by atoms with Crippen molar-refractivity contribution in [1.82, 2.24) is 4.98 Å². The topological polar surface area (TPSA) is 24.9 Å². The second-order valence-corrected chi connectivity index (χ2v) is 3.53. The first-order valence-electron chi connectivity index (χ1n) is 4.91. The van der Waals surface area contributed by atoms with Gasteiger partial charge in [-0.05, 0) is 19.1 Å². The lowest BCUT2D eigenvalue weighted by atomic mass is 10.2. The molecule has 2 aromatic rings. The summed E-state index contributed by atoms with van der Waals surface area (Å²) in [5.74, 6) is -2.64. The number of halogens is 3. The summed E-state index contributed by atoms with van der Waals surface area (Å²) < 4.78 is 39.3. The van der Waals surface area contributed by atoms with E-state index in [0.29, 0.717) is 23.6 Å². The van der Waals surface area contributed by atoms with E-state index < -0.39 is 23.1 Å². The number of hydrogen-bond acceptors (Lipinski definition) is 2. The van der Waals surface area contributed by atoms with E-state index in [9.17, 15) is 13.2 Å². The fraction of sp³-hybridized carbons (Fsp3) is 0.0833. The van der Waals surface area contributed by atoms with E-state index in [1.807, 2.05) is 0 Å². The van der Waals surface area contributed by atoms with Gasteiger partial charge >= 0.3 is 0 Å². The molecule has 1 heterocycles. The summed E-state index contributed by atoms with van der Waals surface area (Å²) in [6.07, 6.45) is 0. The molecule has 0 amide bonds. The molecule has 1 aromatic carbocycles. The zero-order valence-electron chi connectivity index (χ0n) is 8.97. The second-order valence-electron chi connectivity index (χ2n) is 3.53. The van der Waals surface area contributed by atoms with Gasteiger partial charge in [0, 0.05) is 17.8 Å². The van der Waals surface area contributed by atoms with Gasteiger partial charge in [0.25, 0.3) is 0 Å². The minimum Gasteiger partial charge on any atom is -0.335 e. The van der Waals surface area contributed by atoms with E-state index in [0.717, 1.165) is 0 Å². The van der Waals surface area contributed by atoms with E-state index in [4.69, 9.17) is 0 Å². The quantitative estimate of drug-likeness (QED) is 0.865. The van der Waals surface area contributed by atoms with Crippen molar-refractivity contribution in [3.05, 3.63) is 53.5 Å². The van der Waals surface area contributed by atoms with Gasteiger partial charge in [-0.1, -0.05) is 6.07 Å². The SMILES string of the molecule is Cc1cccc(Nc2c(F)cc(F)cc2F)n1. The summed E-state index contributed by atoms with van der Waals surface area (Å²) in [5, 5.41) is 2.48. The third-order valence-corrected chi connectivity index (χ3v) is 2.15. The Bertz CT molecular complexity index is 532. The first kappa shape index (κ1) is 11.4. The Balaban J connectivity index is 2.36. The average molecular weight is 238 g/mol. The molecule has 0 aliphatic rings. The smallest absolute Gasteiger partial charge is 0.152 e. The van der Waals surface area contributed by atoms with E-state index >= 15 is 0 Å². The van der Waals surface area contributed by atoms with Crippen LogP contribution in [0.1, 0.15) is 5.69 Å². The van der Waals surface area contributed by atoms with Gasteiger partial charge < -0.3 is 5.32 Å². The van der Waals surface area contributed by atoms with Gasteiger partial charge in [0.15, 0.2) is 11.6 Å². The van der Waals surface area contributed by atoms with Crippen LogP contribution in [0, 0.1) is 24.4 Å². The number of anilines is 2. The van der Waals surface area contributed by atoms with E-state index in [-0.39, 0.29) is 0 Å². The number of nitrogens with one attached hydrogen (secondary N) is 1. The maximum atomic E-state index is 13.3. The summed E-state index contributed by atoms with van der Waals surface area (Å²) in [6.45, 7) is 1.75. The molecule has 2 nitrogen and oxygen atoms in total. The molecule has 17 heavy (non-hydrogen) atoms. The summed E-state index contributed by atoms with van der Waals surface area (Å²) >= 11 is 0. The van der Waals surface area contributed by atoms with Crippen LogP contribution in [0.2, 0.25) is 0 Å². The predicted molar refractivity (Wildman–Crippen MR) is 58.6 cm³/mol. The van der Waals surface area contributed by atoms with Crippen LogP contribution in [0.15, 0.2) is 30.3 Å². The lowest BCUT2D eigenvalue weighted by molar-refractivity contribution is 0.548. The average Bonchev–Trinajstić information content (AvgIpc) is 2.23. The highest BCUT2D eigenvalue weighted by atomic mass is 19.1. The number of aryl methyl sites for hydroxylation is 1. The molecule has 0 atom stereocenters. The molecule has 0 aliphatic heterocycles. The molecule has 88 valence electrons. The lowest BCUT2D eigenvalue weighted by Crippen LogP contribution is -2.00. The number of nitrogens with zero attached hydrogens (tertiary/aromatic N) is 1. The number of pyridine rings is 1. The summed E-state index contributed by atoms with van der Waals surface area (Å²) in [5.41, 5.74) is 0.294. The molecular formula is C12H9F3N2. The fourth-order valence-electron chi connectivity index (χ4n) is 1.40. The van der Waals surface area contributed by atoms with Gasteiger partial charge in [0.2, 0.25) is 0 Å². The molecule has 1 aromatic heterocycles. The van der Waals surface area contributed by atoms with Crippen molar-refractivity contribution in [2.45, 2.75) is 6.92 Å². The molecule has 0 fully saturated rings. The largest absolute Gasteiger partial charge is 0.335 e. The Labute approximate surface area is 96.1 Å². The molecule has 0 radical (unpaired) electrons. The van der Waals surface area contributed by atoms with E-state index in [1.165, 1.54) is 0 Å². The molecule has 1 N–H and O–H groups in total. The zero-order chi connectivity index (χ0) is 12.4. The second kappa shape index (κ2) is 4.45. The maximum absolute atomic E-state index is 13.3. The van der Waals surface area contributed by atoms with Gasteiger partial charge in [-0.3, -0.25) is 0 Å². The highest BCUT2D eigenvalue weighted by molar-refractivity contribution is 5.57. The molecule has 0 saturated carbocycles. The monoisotopic (exact) mass is 238 g/mol. The number of benzene rings is 1. The minimum atomic E-state index is -0.995. The minimum absolute atomic E-state index is 0.300. The molecular weight excluding hydrogens is 229 g/mol. The molecule has 0 unspecified atom stereocenters. The van der Waals surface area contributed by atoms with Gasteiger partial charge in [-0.25, -0.2) is 18.2 Å². The molecule has 0 spiro atoms. The van der Waals surface area contributed by atoms with E-state index in [1.54, 1.807) is 25.1 Å². The third kappa shape index (κ3) is 2.55. The molecule has 0 aliphatic carbocycles. The van der Waals surface area contributed by atoms with Gasteiger partial charge in [0.05, 0.1) is 0 Å². The first-order valence-corrected chi connectivity index (χ1v) is 4.91. The number of rotatable bonds is 2. The Kier molecular flexibility index (Phi) is 2.99. The predicted octanol–water partition coefficient (Wildman–Crippen LogP) is 3.55. The number of hydrogen-bond donors (Lipinski definition) is 1. The highest BCUT2D eigenvalue weighted by Crippen LogP contribution is 2.23. The van der Waals surface area contributed by atoms with Crippen LogP contribution in [0.25, 0.3) is 0 Å². The molecule has 5 heteroatoms. The van der Waals surface area contributed by atoms with Crippen molar-refractivity contribution in [2.24, 2.45) is 0 Å². The zero-order valence-corrected chi connectivity index (χ0v) is 8.97. The Hall–Kier alpha value is -2.04. The van der Waals surface area contributed by atoms with Crippen molar-refractivity contribution in [2.75, 3.05) is 5.32 Å². The van der Waals surface area contributed by atoms with Crippen molar-refractivity contribution >= 4 is 11.5 Å². The van der Waals surface area contributed by atoms with Crippen molar-refractivity contribution in [3.63, 3.8) is 0 Å². The molecule has 0 bridgehead atoms. The van der Waals surface area contributed by atoms with Crippen molar-refractivity contribution < 1.29 is 13.2 Å². The van der Waals surface area contributed by atoms with Gasteiger partial charge in [0.1, 0.15) is 17.3 Å². The van der Waals surface area contributed by atoms with Crippen molar-refractivity contribution in [1.29, 1.82) is 0 Å². The van der Waals surface area contributed by atoms with Gasteiger partial charge in [-0.15, -0.1) is 0 Å². The Morgan fingerprint density at radius 1 is 1.06 bits per heavy atom. The fourth-order valence-corrected chi connectivity index (χ4v) is 1.40. The maximum Gasteiger partial charge on any atom is 0.152 e. The van der Waals surface area contributed by atoms with Crippen LogP contribution >= 0.6 is 0 Å². The molecule has 2 rings (SSSR count). The lowest BCUT2D eigenvalue weighted by Gasteiger charge is -2.08. The van der Waals surface area contributed by atoms with Crippen LogP contribution in [0.5, 0.6) is 0 Å². The highest BCUT2D eigenvalue weighted by Gasteiger charge is 2.11. The normalized spacial score (nSPS) is 10.4. The van der Waals surface area contributed by atoms with E-state index in [2.05, 4.69) is 10.3 Å². The Morgan fingerprint density at radius 3 is 2.29 bits per heavy atom. The summed E-state index contributed by atoms with van der Waals surface area (Å²) in [7, 11) is 0. The third-order valence-electron chi connectivity index (χ3n) is 2.15. The van der Waals surface area contributed by atoms with Crippen LogP contribution in [-0.4, -0.2) is 4.98 Å². The Morgan fingerprint density at radius 2 is 1.71 bits per heavy atom. The first-order chi connectivity index (χ1) is 8.06. The van der Waals surface area contributed by atoms with Crippen LogP contribution in [0.3, 0.4) is 0 Å². The number of aromatic nitrogens is 1.